The molecule has 0 aliphatic carbocycles. The molecule has 0 spiro atoms. The highest BCUT2D eigenvalue weighted by molar-refractivity contribution is 7.98. The Morgan fingerprint density at radius 3 is 2.70 bits per heavy atom. The van der Waals surface area contributed by atoms with Crippen LogP contribution in [0, 0.1) is 13.8 Å². The van der Waals surface area contributed by atoms with Gasteiger partial charge in [-0.1, -0.05) is 17.8 Å². The van der Waals surface area contributed by atoms with Crippen LogP contribution in [0.4, 0.5) is 0 Å². The van der Waals surface area contributed by atoms with Crippen LogP contribution in [0.2, 0.25) is 0 Å². The van der Waals surface area contributed by atoms with Gasteiger partial charge in [-0.25, -0.2) is 15.0 Å². The van der Waals surface area contributed by atoms with E-state index in [2.05, 4.69) is 38.2 Å². The second kappa shape index (κ2) is 6.37. The normalized spacial score (nSPS) is 10.9. The largest absolute Gasteiger partial charge is 0.345 e. The quantitative estimate of drug-likeness (QED) is 0.568. The van der Waals surface area contributed by atoms with Gasteiger partial charge < -0.3 is 10.3 Å². The van der Waals surface area contributed by atoms with Crippen LogP contribution in [0.1, 0.15) is 27.3 Å². The number of thioether (sulfide) groups is 1. The Hall–Kier alpha value is -2.41. The van der Waals surface area contributed by atoms with E-state index in [0.717, 1.165) is 22.4 Å². The monoisotopic (exact) mass is 327 g/mol. The number of benzene rings is 1. The third-order valence-corrected chi connectivity index (χ3v) is 4.29. The molecule has 2 heterocycles. The highest BCUT2D eigenvalue weighted by Crippen LogP contribution is 2.19. The maximum Gasteiger partial charge on any atom is 0.254 e. The van der Waals surface area contributed by atoms with Crippen molar-refractivity contribution in [2.24, 2.45) is 0 Å². The maximum atomic E-state index is 12.1. The number of H-pyrrole nitrogens is 1. The van der Waals surface area contributed by atoms with Gasteiger partial charge in [-0.05, 0) is 37.3 Å². The molecule has 0 radical (unpaired) electrons. The predicted molar refractivity (Wildman–Crippen MR) is 90.6 cm³/mol. The van der Waals surface area contributed by atoms with Crippen molar-refractivity contribution in [2.45, 2.75) is 25.5 Å². The molecule has 0 unspecified atom stereocenters. The summed E-state index contributed by atoms with van der Waals surface area (Å²) in [6, 6.07) is 4.06. The fourth-order valence-corrected chi connectivity index (χ4v) is 2.57. The molecule has 0 saturated heterocycles. The minimum atomic E-state index is -0.217. The molecule has 0 aliphatic heterocycles. The first-order valence-electron chi connectivity index (χ1n) is 7.17. The molecule has 7 heteroatoms. The average molecular weight is 327 g/mol. The van der Waals surface area contributed by atoms with E-state index >= 15 is 0 Å². The zero-order valence-corrected chi connectivity index (χ0v) is 14.0. The lowest BCUT2D eigenvalue weighted by atomic mass is 10.1. The van der Waals surface area contributed by atoms with Crippen molar-refractivity contribution in [1.82, 2.24) is 25.3 Å². The summed E-state index contributed by atoms with van der Waals surface area (Å²) in [5, 5.41) is 3.47. The Bertz CT molecular complexity index is 857. The van der Waals surface area contributed by atoms with Gasteiger partial charge >= 0.3 is 0 Å². The number of hydrogen-bond donors (Lipinski definition) is 2. The fourth-order valence-electron chi connectivity index (χ4n) is 2.25. The molecule has 0 aliphatic rings. The number of rotatable bonds is 4. The van der Waals surface area contributed by atoms with Gasteiger partial charge in [-0.3, -0.25) is 4.79 Å². The first kappa shape index (κ1) is 15.5. The Balaban J connectivity index is 1.72. The second-order valence-corrected chi connectivity index (χ2v) is 6.00. The van der Waals surface area contributed by atoms with Crippen LogP contribution < -0.4 is 5.32 Å². The van der Waals surface area contributed by atoms with E-state index in [9.17, 15) is 4.79 Å². The third kappa shape index (κ3) is 3.19. The van der Waals surface area contributed by atoms with Crippen LogP contribution >= 0.6 is 11.8 Å². The fraction of sp³-hybridized carbons (Fsp3) is 0.250. The van der Waals surface area contributed by atoms with Crippen molar-refractivity contribution in [2.75, 3.05) is 6.26 Å². The van der Waals surface area contributed by atoms with Crippen molar-refractivity contribution in [3.05, 3.63) is 47.0 Å². The summed E-state index contributed by atoms with van der Waals surface area (Å²) in [5.41, 5.74) is 4.71. The number of aromatic amines is 1. The van der Waals surface area contributed by atoms with Crippen molar-refractivity contribution < 1.29 is 4.79 Å². The molecule has 118 valence electrons. The van der Waals surface area contributed by atoms with E-state index in [0.29, 0.717) is 17.3 Å². The first-order chi connectivity index (χ1) is 11.1. The zero-order valence-electron chi connectivity index (χ0n) is 13.2. The number of imidazole rings is 1. The molecule has 1 amide bonds. The van der Waals surface area contributed by atoms with Crippen molar-refractivity contribution in [3.63, 3.8) is 0 Å². The van der Waals surface area contributed by atoms with Crippen molar-refractivity contribution in [1.29, 1.82) is 0 Å². The molecule has 0 bridgehead atoms. The summed E-state index contributed by atoms with van der Waals surface area (Å²) in [7, 11) is 0. The minimum Gasteiger partial charge on any atom is -0.345 e. The summed E-state index contributed by atoms with van der Waals surface area (Å²) in [4.78, 5) is 28.1. The van der Waals surface area contributed by atoms with Crippen molar-refractivity contribution >= 4 is 28.7 Å². The molecule has 0 fully saturated rings. The summed E-state index contributed by atoms with van der Waals surface area (Å²) in [6.07, 6.45) is 4.95. The van der Waals surface area contributed by atoms with Gasteiger partial charge in [-0.2, -0.15) is 0 Å². The number of hydrogen-bond acceptors (Lipinski definition) is 5. The molecule has 0 saturated carbocycles. The number of aromatic nitrogens is 4. The molecule has 3 aromatic rings. The number of carbonyl (C=O) groups excluding carboxylic acids is 1. The highest BCUT2D eigenvalue weighted by Gasteiger charge is 2.10. The number of amides is 1. The molecular formula is C16H17N5OS. The molecule has 1 aromatic carbocycles. The van der Waals surface area contributed by atoms with Gasteiger partial charge in [0.25, 0.3) is 5.91 Å². The number of aryl methyl sites for hydroxylation is 2. The van der Waals surface area contributed by atoms with E-state index < -0.39 is 0 Å². The SMILES string of the molecule is CSc1ncc(C(=O)NCc2nc3c(C)c(C)ccc3[nH]2)cn1. The van der Waals surface area contributed by atoms with Gasteiger partial charge in [0.1, 0.15) is 5.82 Å². The molecule has 23 heavy (non-hydrogen) atoms. The summed E-state index contributed by atoms with van der Waals surface area (Å²) in [6.45, 7) is 4.44. The molecule has 2 N–H and O–H groups in total. The number of nitrogens with zero attached hydrogens (tertiary/aromatic N) is 3. The number of carbonyl (C=O) groups is 1. The first-order valence-corrected chi connectivity index (χ1v) is 8.40. The van der Waals surface area contributed by atoms with E-state index in [4.69, 9.17) is 0 Å². The van der Waals surface area contributed by atoms with Crippen LogP contribution in [0.15, 0.2) is 29.7 Å². The maximum absolute atomic E-state index is 12.1. The summed E-state index contributed by atoms with van der Waals surface area (Å²) in [5.74, 6) is 0.509. The summed E-state index contributed by atoms with van der Waals surface area (Å²) >= 11 is 1.44. The Morgan fingerprint density at radius 2 is 2.00 bits per heavy atom. The van der Waals surface area contributed by atoms with E-state index in [-0.39, 0.29) is 5.91 Å². The average Bonchev–Trinajstić information content (AvgIpc) is 3.00. The topological polar surface area (TPSA) is 83.6 Å². The lowest BCUT2D eigenvalue weighted by Gasteiger charge is -2.03. The predicted octanol–water partition coefficient (Wildman–Crippen LogP) is 2.62. The zero-order chi connectivity index (χ0) is 16.4. The second-order valence-electron chi connectivity index (χ2n) is 5.23. The van der Waals surface area contributed by atoms with Crippen LogP contribution in [-0.4, -0.2) is 32.1 Å². The summed E-state index contributed by atoms with van der Waals surface area (Å²) < 4.78 is 0. The van der Waals surface area contributed by atoms with Crippen LogP contribution in [0.5, 0.6) is 0 Å². The van der Waals surface area contributed by atoms with E-state index in [1.165, 1.54) is 29.7 Å². The van der Waals surface area contributed by atoms with Crippen LogP contribution in [0.25, 0.3) is 11.0 Å². The van der Waals surface area contributed by atoms with Gasteiger partial charge in [0.15, 0.2) is 5.16 Å². The number of nitrogens with one attached hydrogen (secondary N) is 2. The van der Waals surface area contributed by atoms with E-state index in [1.807, 2.05) is 19.2 Å². The molecular weight excluding hydrogens is 310 g/mol. The van der Waals surface area contributed by atoms with Gasteiger partial charge in [-0.15, -0.1) is 0 Å². The lowest BCUT2D eigenvalue weighted by molar-refractivity contribution is 0.0949. The molecule has 6 nitrogen and oxygen atoms in total. The Labute approximate surface area is 138 Å². The molecule has 0 atom stereocenters. The molecule has 2 aromatic heterocycles. The van der Waals surface area contributed by atoms with Gasteiger partial charge in [0.05, 0.1) is 23.1 Å². The molecule has 3 rings (SSSR count). The Morgan fingerprint density at radius 1 is 1.26 bits per heavy atom. The standard InChI is InChI=1S/C16H17N5OS/c1-9-4-5-12-14(10(9)2)21-13(20-12)8-17-15(22)11-6-18-16(23-3)19-7-11/h4-7H,8H2,1-3H3,(H,17,22)(H,20,21). The lowest BCUT2D eigenvalue weighted by Crippen LogP contribution is -2.23. The van der Waals surface area contributed by atoms with Gasteiger partial charge in [0, 0.05) is 12.4 Å². The third-order valence-electron chi connectivity index (χ3n) is 3.72. The van der Waals surface area contributed by atoms with Crippen molar-refractivity contribution in [3.8, 4) is 0 Å². The number of fused-ring (bicyclic) bond motifs is 1. The van der Waals surface area contributed by atoms with Crippen LogP contribution in [0.3, 0.4) is 0 Å². The van der Waals surface area contributed by atoms with Gasteiger partial charge in [0.2, 0.25) is 0 Å². The minimum absolute atomic E-state index is 0.217. The smallest absolute Gasteiger partial charge is 0.254 e. The van der Waals surface area contributed by atoms with Crippen LogP contribution in [-0.2, 0) is 6.54 Å². The van der Waals surface area contributed by atoms with E-state index in [1.54, 1.807) is 0 Å². The highest BCUT2D eigenvalue weighted by atomic mass is 32.2. The Kier molecular flexibility index (Phi) is 4.29.